The van der Waals surface area contributed by atoms with Crippen molar-refractivity contribution >= 4 is 29.7 Å². The number of nitrogens with one attached hydrogen (secondary N) is 1. The smallest absolute Gasteiger partial charge is 0.260 e. The average molecular weight is 292 g/mol. The van der Waals surface area contributed by atoms with Gasteiger partial charge < -0.3 is 15.3 Å². The lowest BCUT2D eigenvalue weighted by Crippen LogP contribution is -2.31. The van der Waals surface area contributed by atoms with Crippen molar-refractivity contribution in [3.63, 3.8) is 0 Å². The summed E-state index contributed by atoms with van der Waals surface area (Å²) in [5, 5.41) is 11.8. The normalized spacial score (nSPS) is 25.1. The molecule has 1 aromatic rings. The molecule has 0 radical (unpaired) electrons. The molecule has 20 heavy (non-hydrogen) atoms. The number of aliphatic hydroxyl groups excluding tert-OH is 1. The Morgan fingerprint density at radius 1 is 1.40 bits per heavy atom. The van der Waals surface area contributed by atoms with Gasteiger partial charge in [0.05, 0.1) is 10.6 Å². The standard InChI is InChI=1S/C13H16N4O2S/c18-11-10(20-13(19)16-11)8-9-4-5-14-12(15-9)17-6-2-1-3-7-17/h4-5,8,13,19H,1-3,6-7H2,(H,16,18). The van der Waals surface area contributed by atoms with Crippen molar-refractivity contribution in [1.29, 1.82) is 0 Å². The summed E-state index contributed by atoms with van der Waals surface area (Å²) in [6.07, 6.45) is 6.98. The van der Waals surface area contributed by atoms with Crippen LogP contribution in [0.4, 0.5) is 5.95 Å². The van der Waals surface area contributed by atoms with Crippen LogP contribution in [0.15, 0.2) is 17.2 Å². The fraction of sp³-hybridized carbons (Fsp3) is 0.462. The van der Waals surface area contributed by atoms with Crippen molar-refractivity contribution in [2.45, 2.75) is 24.8 Å². The molecule has 0 bridgehead atoms. The number of amides is 1. The molecule has 0 spiro atoms. The maximum Gasteiger partial charge on any atom is 0.260 e. The van der Waals surface area contributed by atoms with Gasteiger partial charge in [0, 0.05) is 19.3 Å². The number of aliphatic hydroxyl groups is 1. The monoisotopic (exact) mass is 292 g/mol. The molecule has 1 aromatic heterocycles. The molecule has 2 N–H and O–H groups in total. The van der Waals surface area contributed by atoms with Crippen LogP contribution in [-0.2, 0) is 4.79 Å². The molecule has 2 saturated heterocycles. The van der Waals surface area contributed by atoms with Crippen molar-refractivity contribution in [2.24, 2.45) is 0 Å². The van der Waals surface area contributed by atoms with E-state index in [-0.39, 0.29) is 5.91 Å². The van der Waals surface area contributed by atoms with Crippen LogP contribution < -0.4 is 10.2 Å². The molecule has 0 aliphatic carbocycles. The second-order valence-electron chi connectivity index (χ2n) is 4.78. The van der Waals surface area contributed by atoms with Crippen LogP contribution in [0.2, 0.25) is 0 Å². The van der Waals surface area contributed by atoms with Crippen LogP contribution in [0.25, 0.3) is 6.08 Å². The van der Waals surface area contributed by atoms with Crippen molar-refractivity contribution in [3.8, 4) is 0 Å². The highest BCUT2D eigenvalue weighted by Crippen LogP contribution is 2.27. The molecule has 2 aliphatic heterocycles. The highest BCUT2D eigenvalue weighted by Gasteiger charge is 2.25. The molecule has 2 fully saturated rings. The molecule has 3 heterocycles. The Kier molecular flexibility index (Phi) is 3.88. The molecule has 1 atom stereocenters. The number of carbonyl (C=O) groups is 1. The third-order valence-corrected chi connectivity index (χ3v) is 4.20. The number of aromatic nitrogens is 2. The summed E-state index contributed by atoms with van der Waals surface area (Å²) >= 11 is 1.09. The first-order chi connectivity index (χ1) is 9.72. The van der Waals surface area contributed by atoms with Gasteiger partial charge in [0.25, 0.3) is 5.91 Å². The van der Waals surface area contributed by atoms with Gasteiger partial charge in [-0.3, -0.25) is 4.79 Å². The maximum atomic E-state index is 11.6. The predicted octanol–water partition coefficient (Wildman–Crippen LogP) is 0.947. The van der Waals surface area contributed by atoms with Gasteiger partial charge in [-0.15, -0.1) is 0 Å². The van der Waals surface area contributed by atoms with Gasteiger partial charge in [-0.1, -0.05) is 11.8 Å². The Labute approximate surface area is 121 Å². The van der Waals surface area contributed by atoms with Crippen molar-refractivity contribution < 1.29 is 9.90 Å². The van der Waals surface area contributed by atoms with E-state index < -0.39 is 5.56 Å². The molecule has 0 aromatic carbocycles. The third kappa shape index (κ3) is 2.94. The number of rotatable bonds is 2. The van der Waals surface area contributed by atoms with E-state index in [9.17, 15) is 9.90 Å². The third-order valence-electron chi connectivity index (χ3n) is 3.30. The summed E-state index contributed by atoms with van der Waals surface area (Å²) in [4.78, 5) is 23.0. The van der Waals surface area contributed by atoms with Gasteiger partial charge in [0.2, 0.25) is 5.95 Å². The van der Waals surface area contributed by atoms with Crippen LogP contribution in [0.3, 0.4) is 0 Å². The van der Waals surface area contributed by atoms with Gasteiger partial charge in [0.1, 0.15) is 0 Å². The summed E-state index contributed by atoms with van der Waals surface area (Å²) < 4.78 is 0. The maximum absolute atomic E-state index is 11.6. The molecule has 1 unspecified atom stereocenters. The molecule has 3 rings (SSSR count). The van der Waals surface area contributed by atoms with E-state index >= 15 is 0 Å². The molecular formula is C13H16N4O2S. The molecule has 7 heteroatoms. The predicted molar refractivity (Wildman–Crippen MR) is 77.8 cm³/mol. The van der Waals surface area contributed by atoms with Gasteiger partial charge in [-0.25, -0.2) is 9.97 Å². The Bertz CT molecular complexity index is 543. The lowest BCUT2D eigenvalue weighted by molar-refractivity contribution is -0.117. The lowest BCUT2D eigenvalue weighted by atomic mass is 10.1. The van der Waals surface area contributed by atoms with Crippen molar-refractivity contribution in [2.75, 3.05) is 18.0 Å². The molecular weight excluding hydrogens is 276 g/mol. The van der Waals surface area contributed by atoms with E-state index in [1.54, 1.807) is 18.3 Å². The van der Waals surface area contributed by atoms with E-state index in [1.165, 1.54) is 19.3 Å². The largest absolute Gasteiger partial charge is 0.364 e. The Balaban J connectivity index is 1.80. The van der Waals surface area contributed by atoms with E-state index in [4.69, 9.17) is 0 Å². The average Bonchev–Trinajstić information content (AvgIpc) is 2.78. The molecule has 106 valence electrons. The zero-order valence-electron chi connectivity index (χ0n) is 11.0. The SMILES string of the molecule is O=C1NC(O)SC1=Cc1ccnc(N2CCCCC2)n1. The molecule has 1 amide bonds. The zero-order valence-corrected chi connectivity index (χ0v) is 11.8. The zero-order chi connectivity index (χ0) is 13.9. The second-order valence-corrected chi connectivity index (χ2v) is 5.90. The summed E-state index contributed by atoms with van der Waals surface area (Å²) in [6, 6.07) is 1.76. The number of carbonyl (C=O) groups excluding carboxylic acids is 1. The number of anilines is 1. The summed E-state index contributed by atoms with van der Waals surface area (Å²) in [6.45, 7) is 1.96. The van der Waals surface area contributed by atoms with Crippen LogP contribution in [0, 0.1) is 0 Å². The minimum absolute atomic E-state index is 0.263. The number of hydrogen-bond donors (Lipinski definition) is 2. The lowest BCUT2D eigenvalue weighted by Gasteiger charge is -2.26. The van der Waals surface area contributed by atoms with E-state index in [2.05, 4.69) is 20.2 Å². The van der Waals surface area contributed by atoms with E-state index in [0.29, 0.717) is 16.5 Å². The fourth-order valence-electron chi connectivity index (χ4n) is 2.31. The molecule has 0 saturated carbocycles. The second kappa shape index (κ2) is 5.80. The van der Waals surface area contributed by atoms with Crippen LogP contribution in [-0.4, -0.2) is 39.6 Å². The van der Waals surface area contributed by atoms with Crippen LogP contribution >= 0.6 is 11.8 Å². The minimum atomic E-state index is -0.864. The van der Waals surface area contributed by atoms with Gasteiger partial charge in [-0.05, 0) is 31.4 Å². The van der Waals surface area contributed by atoms with Crippen molar-refractivity contribution in [3.05, 3.63) is 22.9 Å². The Morgan fingerprint density at radius 2 is 2.20 bits per heavy atom. The fourth-order valence-corrected chi connectivity index (χ4v) is 3.07. The molecule has 2 aliphatic rings. The minimum Gasteiger partial charge on any atom is -0.364 e. The van der Waals surface area contributed by atoms with E-state index in [0.717, 1.165) is 24.9 Å². The Hall–Kier alpha value is -1.60. The number of thioether (sulfide) groups is 1. The quantitative estimate of drug-likeness (QED) is 0.790. The first kappa shape index (κ1) is 13.4. The first-order valence-corrected chi connectivity index (χ1v) is 7.55. The van der Waals surface area contributed by atoms with E-state index in [1.807, 2.05) is 0 Å². The highest BCUT2D eigenvalue weighted by atomic mass is 32.2. The van der Waals surface area contributed by atoms with Crippen molar-refractivity contribution in [1.82, 2.24) is 15.3 Å². The summed E-state index contributed by atoms with van der Waals surface area (Å²) in [5.74, 6) is 0.448. The van der Waals surface area contributed by atoms with Gasteiger partial charge in [-0.2, -0.15) is 0 Å². The van der Waals surface area contributed by atoms with Crippen LogP contribution in [0.5, 0.6) is 0 Å². The Morgan fingerprint density at radius 3 is 2.90 bits per heavy atom. The number of nitrogens with zero attached hydrogens (tertiary/aromatic N) is 3. The topological polar surface area (TPSA) is 78.3 Å². The van der Waals surface area contributed by atoms with Gasteiger partial charge in [0.15, 0.2) is 5.56 Å². The summed E-state index contributed by atoms with van der Waals surface area (Å²) in [5.41, 5.74) is -0.176. The molecule has 6 nitrogen and oxygen atoms in total. The van der Waals surface area contributed by atoms with Gasteiger partial charge >= 0.3 is 0 Å². The number of hydrogen-bond acceptors (Lipinski definition) is 6. The number of piperidine rings is 1. The highest BCUT2D eigenvalue weighted by molar-refractivity contribution is 8.05. The summed E-state index contributed by atoms with van der Waals surface area (Å²) in [7, 11) is 0. The van der Waals surface area contributed by atoms with Crippen LogP contribution in [0.1, 0.15) is 25.0 Å². The first-order valence-electron chi connectivity index (χ1n) is 6.68.